The van der Waals surface area contributed by atoms with Crippen LogP contribution in [0.5, 0.6) is 0 Å². The van der Waals surface area contributed by atoms with Crippen LogP contribution in [0.15, 0.2) is 40.8 Å². The number of carbonyl (C=O) groups excluding carboxylic acids is 1. The van der Waals surface area contributed by atoms with Crippen molar-refractivity contribution < 1.29 is 13.9 Å². The number of aryl methyl sites for hydroxylation is 7. The van der Waals surface area contributed by atoms with E-state index in [4.69, 9.17) is 15.0 Å². The van der Waals surface area contributed by atoms with Crippen molar-refractivity contribution >= 4 is 39.6 Å². The maximum absolute atomic E-state index is 12.8. The van der Waals surface area contributed by atoms with Gasteiger partial charge in [-0.05, 0) is 120 Å². The van der Waals surface area contributed by atoms with Crippen molar-refractivity contribution in [2.24, 2.45) is 19.9 Å². The van der Waals surface area contributed by atoms with Gasteiger partial charge in [0.15, 0.2) is 17.1 Å². The summed E-state index contributed by atoms with van der Waals surface area (Å²) >= 11 is 0. The summed E-state index contributed by atoms with van der Waals surface area (Å²) in [7, 11) is 3.73. The molecule has 6 aromatic rings. The van der Waals surface area contributed by atoms with Gasteiger partial charge in [0.1, 0.15) is 17.4 Å². The van der Waals surface area contributed by atoms with Crippen LogP contribution in [0.4, 0.5) is 11.6 Å². The number of nitrogen functional groups attached to an aromatic ring is 1. The van der Waals surface area contributed by atoms with Crippen LogP contribution in [-0.4, -0.2) is 35.4 Å². The van der Waals surface area contributed by atoms with Gasteiger partial charge in [0, 0.05) is 31.3 Å². The second kappa shape index (κ2) is 12.6. The fourth-order valence-corrected chi connectivity index (χ4v) is 7.11. The summed E-state index contributed by atoms with van der Waals surface area (Å²) in [5.74, 6) is 7.10. The molecule has 1 aromatic carbocycles. The summed E-state index contributed by atoms with van der Waals surface area (Å²) in [6.45, 7) is 18.5. The molecule has 5 N–H and O–H groups in total. The number of fused-ring (bicyclic) bond motifs is 3. The molecule has 50 heavy (non-hydrogen) atoms. The summed E-state index contributed by atoms with van der Waals surface area (Å²) < 4.78 is 15.7. The number of hydrogen-bond donors (Lipinski definition) is 4. The van der Waals surface area contributed by atoms with Crippen LogP contribution < -0.4 is 22.1 Å². The first kappa shape index (κ1) is 34.6. The van der Waals surface area contributed by atoms with E-state index in [1.807, 2.05) is 60.0 Å². The van der Waals surface area contributed by atoms with Crippen molar-refractivity contribution in [2.75, 3.05) is 10.9 Å². The Morgan fingerprint density at radius 3 is 1.90 bits per heavy atom. The molecule has 7 rings (SSSR count). The summed E-state index contributed by atoms with van der Waals surface area (Å²) in [5.41, 5.74) is 17.9. The van der Waals surface area contributed by atoms with Crippen molar-refractivity contribution in [3.63, 3.8) is 0 Å². The largest absolute Gasteiger partial charge is 0.456 e. The zero-order valence-electron chi connectivity index (χ0n) is 30.7. The lowest BCUT2D eigenvalue weighted by molar-refractivity contribution is -0.105. The molecule has 0 saturated heterocycles. The molecule has 1 aliphatic heterocycles. The number of pyridine rings is 2. The van der Waals surface area contributed by atoms with Gasteiger partial charge in [-0.3, -0.25) is 25.0 Å². The van der Waals surface area contributed by atoms with Crippen LogP contribution in [0, 0.1) is 34.6 Å². The summed E-state index contributed by atoms with van der Waals surface area (Å²) in [5, 5.41) is 10.9. The molecule has 0 spiro atoms. The van der Waals surface area contributed by atoms with Gasteiger partial charge in [-0.1, -0.05) is 12.1 Å². The van der Waals surface area contributed by atoms with Crippen LogP contribution in [-0.2, 0) is 36.5 Å². The van der Waals surface area contributed by atoms with E-state index in [0.29, 0.717) is 18.1 Å². The Morgan fingerprint density at radius 2 is 1.32 bits per heavy atom. The van der Waals surface area contributed by atoms with Gasteiger partial charge < -0.3 is 14.6 Å². The number of furan rings is 1. The summed E-state index contributed by atoms with van der Waals surface area (Å²) in [6.07, 6.45) is 0.591. The molecule has 0 bridgehead atoms. The molecule has 262 valence electrons. The molecular weight excluding hydrogens is 632 g/mol. The lowest BCUT2D eigenvalue weighted by Crippen LogP contribution is -2.29. The van der Waals surface area contributed by atoms with E-state index in [0.717, 1.165) is 55.9 Å². The third-order valence-corrected chi connectivity index (χ3v) is 9.32. The molecule has 0 fully saturated rings. The quantitative estimate of drug-likeness (QED) is 0.118. The van der Waals surface area contributed by atoms with Crippen LogP contribution in [0.25, 0.3) is 22.1 Å². The fourth-order valence-electron chi connectivity index (χ4n) is 7.11. The van der Waals surface area contributed by atoms with E-state index < -0.39 is 0 Å². The Morgan fingerprint density at radius 1 is 0.780 bits per heavy atom. The minimum Gasteiger partial charge on any atom is -0.456 e. The average Bonchev–Trinajstić information content (AvgIpc) is 3.75. The van der Waals surface area contributed by atoms with Crippen molar-refractivity contribution in [1.29, 1.82) is 0 Å². The van der Waals surface area contributed by atoms with E-state index in [1.165, 1.54) is 16.7 Å². The molecule has 0 radical (unpaired) electrons. The summed E-state index contributed by atoms with van der Waals surface area (Å²) in [4.78, 5) is 21.7. The fraction of sp³-hybridized carbons (Fsp3) is 0.378. The van der Waals surface area contributed by atoms with E-state index in [-0.39, 0.29) is 22.9 Å². The number of hydrogen-bond acceptors (Lipinski definition) is 10. The van der Waals surface area contributed by atoms with Gasteiger partial charge in [0.2, 0.25) is 0 Å². The maximum atomic E-state index is 12.8. The van der Waals surface area contributed by atoms with E-state index in [9.17, 15) is 4.79 Å². The Hall–Kier alpha value is -5.27. The predicted molar refractivity (Wildman–Crippen MR) is 195 cm³/mol. The number of anilines is 2. The maximum Gasteiger partial charge on any atom is 0.305 e. The number of hydrazine groups is 2. The van der Waals surface area contributed by atoms with Crippen LogP contribution in [0.3, 0.4) is 0 Å². The smallest absolute Gasteiger partial charge is 0.305 e. The Labute approximate surface area is 291 Å². The van der Waals surface area contributed by atoms with Crippen molar-refractivity contribution in [3.05, 3.63) is 92.7 Å². The average molecular weight is 679 g/mol. The van der Waals surface area contributed by atoms with Gasteiger partial charge >= 0.3 is 5.91 Å². The van der Waals surface area contributed by atoms with E-state index in [2.05, 4.69) is 83.2 Å². The normalized spacial score (nSPS) is 14.4. The first-order valence-electron chi connectivity index (χ1n) is 16.6. The zero-order chi connectivity index (χ0) is 36.3. The molecule has 13 heteroatoms. The molecule has 0 atom stereocenters. The highest BCUT2D eigenvalue weighted by atomic mass is 16.5. The van der Waals surface area contributed by atoms with Crippen molar-refractivity contribution in [1.82, 2.24) is 35.0 Å². The predicted octanol–water partition coefficient (Wildman–Crippen LogP) is 6.21. The number of nitrogens with two attached hydrogens (primary N) is 1. The molecule has 5 aromatic heterocycles. The molecule has 1 aliphatic rings. The number of carbonyl (C=O) groups is 1. The van der Waals surface area contributed by atoms with E-state index in [1.54, 1.807) is 15.4 Å². The van der Waals surface area contributed by atoms with Gasteiger partial charge in [-0.25, -0.2) is 15.8 Å². The Bertz CT molecular complexity index is 2270. The van der Waals surface area contributed by atoms with E-state index >= 15 is 0 Å². The minimum atomic E-state index is -0.371. The Kier molecular flexibility index (Phi) is 8.69. The highest BCUT2D eigenvalue weighted by molar-refractivity contribution is 5.92. The van der Waals surface area contributed by atoms with Gasteiger partial charge in [0.25, 0.3) is 0 Å². The number of ether oxygens (including phenoxy) is 1. The molecular formula is C37H46N10O3. The lowest BCUT2D eigenvalue weighted by Gasteiger charge is -2.24. The molecule has 0 unspecified atom stereocenters. The standard InChI is InChI=1S/C28H33N5O3.C9H13N5/c1-15-11-20-21(28(6,7)36-27(20,4)5)14-18(15)13-19-9-10-22(35-19)26(34)31-30-23-12-16(2)24-17(3)32-33(8)25(24)29-23;1-5-4-7(12-10)11-9-8(5)6(2)13-14(9)3/h9-12,14H,13H2,1-8H3,(H,29,30)(H,31,34);4H,10H2,1-3H3,(H,11,12). The first-order valence-corrected chi connectivity index (χ1v) is 16.6. The minimum absolute atomic E-state index is 0.232. The molecule has 1 amide bonds. The number of benzene rings is 1. The number of nitrogens with zero attached hydrogens (tertiary/aromatic N) is 6. The highest BCUT2D eigenvalue weighted by Crippen LogP contribution is 2.47. The monoisotopic (exact) mass is 678 g/mol. The second-order valence-electron chi connectivity index (χ2n) is 14.1. The van der Waals surface area contributed by atoms with Crippen LogP contribution in [0.2, 0.25) is 0 Å². The molecule has 0 aliphatic carbocycles. The number of rotatable bonds is 6. The SMILES string of the molecule is Cc1cc(NN)nc2c1c(C)nn2C.Cc1cc2c(cc1Cc1ccc(C(=O)NNc3cc(C)c4c(C)nn(C)c4n3)o1)C(C)(C)OC2(C)C. The first-order chi connectivity index (χ1) is 23.5. The van der Waals surface area contributed by atoms with Gasteiger partial charge in [0.05, 0.1) is 22.6 Å². The molecule has 6 heterocycles. The van der Waals surface area contributed by atoms with Crippen molar-refractivity contribution in [3.8, 4) is 0 Å². The highest BCUT2D eigenvalue weighted by Gasteiger charge is 2.43. The third-order valence-electron chi connectivity index (χ3n) is 9.32. The number of nitrogens with one attached hydrogen (secondary N) is 3. The van der Waals surface area contributed by atoms with Crippen LogP contribution in [0.1, 0.15) is 88.8 Å². The van der Waals surface area contributed by atoms with Crippen LogP contribution >= 0.6 is 0 Å². The third kappa shape index (κ3) is 6.29. The van der Waals surface area contributed by atoms with Gasteiger partial charge in [-0.2, -0.15) is 10.2 Å². The molecule has 13 nitrogen and oxygen atoms in total. The Balaban J connectivity index is 0.000000257. The van der Waals surface area contributed by atoms with Gasteiger partial charge in [-0.15, -0.1) is 0 Å². The second-order valence-corrected chi connectivity index (χ2v) is 14.1. The molecule has 0 saturated carbocycles. The lowest BCUT2D eigenvalue weighted by atomic mass is 9.86. The summed E-state index contributed by atoms with van der Waals surface area (Å²) in [6, 6.07) is 11.8. The zero-order valence-corrected chi connectivity index (χ0v) is 30.7. The number of amides is 1. The number of aromatic nitrogens is 6. The topological polar surface area (TPSA) is 163 Å². The van der Waals surface area contributed by atoms with Crippen molar-refractivity contribution in [2.45, 2.75) is 79.9 Å².